The second kappa shape index (κ2) is 10.4. The van der Waals surface area contributed by atoms with E-state index in [0.29, 0.717) is 53.6 Å². The summed E-state index contributed by atoms with van der Waals surface area (Å²) in [7, 11) is 3.85. The van der Waals surface area contributed by atoms with Gasteiger partial charge in [-0.25, -0.2) is 14.4 Å². The Morgan fingerprint density at radius 1 is 1.27 bits per heavy atom. The second-order valence-electron chi connectivity index (χ2n) is 7.98. The number of halogens is 1. The highest BCUT2D eigenvalue weighted by Gasteiger charge is 2.20. The zero-order valence-electron chi connectivity index (χ0n) is 18.5. The lowest BCUT2D eigenvalue weighted by Crippen LogP contribution is -2.18. The van der Waals surface area contributed by atoms with E-state index < -0.39 is 0 Å². The highest BCUT2D eigenvalue weighted by molar-refractivity contribution is 6.03. The average molecular weight is 452 g/mol. The van der Waals surface area contributed by atoms with Gasteiger partial charge in [0.15, 0.2) is 0 Å². The van der Waals surface area contributed by atoms with Crippen LogP contribution in [0.1, 0.15) is 6.42 Å². The fourth-order valence-corrected chi connectivity index (χ4v) is 3.38. The van der Waals surface area contributed by atoms with Crippen LogP contribution in [0, 0.1) is 5.82 Å². The number of hydrogen-bond acceptors (Lipinski definition) is 7. The van der Waals surface area contributed by atoms with Gasteiger partial charge in [-0.2, -0.15) is 0 Å². The highest BCUT2D eigenvalue weighted by atomic mass is 19.1. The van der Waals surface area contributed by atoms with E-state index >= 15 is 0 Å². The Balaban J connectivity index is 1.67. The zero-order chi connectivity index (χ0) is 23.2. The number of amides is 1. The monoisotopic (exact) mass is 451 g/mol. The van der Waals surface area contributed by atoms with Gasteiger partial charge in [-0.1, -0.05) is 6.08 Å². The molecule has 2 heterocycles. The SMILES string of the molecule is CN(C)CC=CC(=O)Nc1cc2c(Nc3ccc(F)cc3)ncnc2cc1O[C@H]1CCOC1. The molecule has 1 aliphatic rings. The van der Waals surface area contributed by atoms with Crippen molar-refractivity contribution in [2.75, 3.05) is 44.5 Å². The van der Waals surface area contributed by atoms with Gasteiger partial charge in [-0.05, 0) is 44.4 Å². The first kappa shape index (κ1) is 22.6. The molecule has 0 unspecified atom stereocenters. The Kier molecular flexibility index (Phi) is 7.11. The number of likely N-dealkylation sites (N-methyl/N-ethyl adjacent to an activating group) is 1. The molecular weight excluding hydrogens is 425 g/mol. The molecule has 2 N–H and O–H groups in total. The Morgan fingerprint density at radius 2 is 2.09 bits per heavy atom. The molecular formula is C24H26FN5O3. The predicted molar refractivity (Wildman–Crippen MR) is 125 cm³/mol. The third-order valence-corrected chi connectivity index (χ3v) is 5.02. The molecule has 9 heteroatoms. The lowest BCUT2D eigenvalue weighted by Gasteiger charge is -2.17. The fourth-order valence-electron chi connectivity index (χ4n) is 3.38. The van der Waals surface area contributed by atoms with Crippen LogP contribution in [0.5, 0.6) is 5.75 Å². The summed E-state index contributed by atoms with van der Waals surface area (Å²) >= 11 is 0. The topological polar surface area (TPSA) is 88.6 Å². The van der Waals surface area contributed by atoms with Crippen LogP contribution < -0.4 is 15.4 Å². The van der Waals surface area contributed by atoms with Crippen LogP contribution in [0.4, 0.5) is 21.6 Å². The molecule has 1 fully saturated rings. The van der Waals surface area contributed by atoms with Crippen LogP contribution in [-0.2, 0) is 9.53 Å². The summed E-state index contributed by atoms with van der Waals surface area (Å²) in [5, 5.41) is 6.77. The maximum absolute atomic E-state index is 13.3. The maximum atomic E-state index is 13.3. The lowest BCUT2D eigenvalue weighted by molar-refractivity contribution is -0.111. The summed E-state index contributed by atoms with van der Waals surface area (Å²) in [6.45, 7) is 1.78. The van der Waals surface area contributed by atoms with Gasteiger partial charge < -0.3 is 25.0 Å². The van der Waals surface area contributed by atoms with Gasteiger partial charge in [-0.3, -0.25) is 4.79 Å². The Bertz CT molecular complexity index is 1140. The summed E-state index contributed by atoms with van der Waals surface area (Å²) in [5.74, 6) is 0.450. The van der Waals surface area contributed by atoms with Crippen molar-refractivity contribution in [3.8, 4) is 5.75 Å². The molecule has 1 aliphatic heterocycles. The van der Waals surface area contributed by atoms with E-state index in [0.717, 1.165) is 6.42 Å². The van der Waals surface area contributed by atoms with E-state index in [1.165, 1.54) is 24.5 Å². The number of nitrogens with zero attached hydrogens (tertiary/aromatic N) is 3. The van der Waals surface area contributed by atoms with Gasteiger partial charge in [0.2, 0.25) is 5.91 Å². The molecule has 1 amide bonds. The van der Waals surface area contributed by atoms with Gasteiger partial charge in [-0.15, -0.1) is 0 Å². The van der Waals surface area contributed by atoms with Crippen LogP contribution in [0.3, 0.4) is 0 Å². The standard InChI is InChI=1S/C24H26FN5O3/c1-30(2)10-3-4-23(31)29-21-12-19-20(13-22(21)33-18-9-11-32-14-18)26-15-27-24(19)28-17-7-5-16(25)6-8-17/h3-8,12-13,15,18H,9-11,14H2,1-2H3,(H,29,31)(H,26,27,28)/t18-/m0/s1. The normalized spacial score (nSPS) is 15.9. The molecule has 172 valence electrons. The number of fused-ring (bicyclic) bond motifs is 1. The van der Waals surface area contributed by atoms with Crippen LogP contribution >= 0.6 is 0 Å². The summed E-state index contributed by atoms with van der Waals surface area (Å²) < 4.78 is 24.8. The van der Waals surface area contributed by atoms with Gasteiger partial charge in [0.1, 0.15) is 29.8 Å². The van der Waals surface area contributed by atoms with Crippen LogP contribution in [-0.4, -0.2) is 60.7 Å². The molecule has 8 nitrogen and oxygen atoms in total. The third kappa shape index (κ3) is 6.03. The van der Waals surface area contributed by atoms with Crippen molar-refractivity contribution in [2.45, 2.75) is 12.5 Å². The van der Waals surface area contributed by atoms with Crippen molar-refractivity contribution in [1.82, 2.24) is 14.9 Å². The Morgan fingerprint density at radius 3 is 2.82 bits per heavy atom. The number of benzene rings is 2. The van der Waals surface area contributed by atoms with Gasteiger partial charge in [0.05, 0.1) is 24.4 Å². The minimum absolute atomic E-state index is 0.0963. The van der Waals surface area contributed by atoms with Crippen LogP contribution in [0.2, 0.25) is 0 Å². The number of nitrogens with one attached hydrogen (secondary N) is 2. The molecule has 1 aromatic heterocycles. The van der Waals surface area contributed by atoms with Gasteiger partial charge >= 0.3 is 0 Å². The summed E-state index contributed by atoms with van der Waals surface area (Å²) in [5.41, 5.74) is 1.83. The lowest BCUT2D eigenvalue weighted by atomic mass is 10.1. The first-order valence-corrected chi connectivity index (χ1v) is 10.7. The number of ether oxygens (including phenoxy) is 2. The molecule has 0 spiro atoms. The molecule has 4 rings (SSSR count). The van der Waals surface area contributed by atoms with Crippen molar-refractivity contribution in [1.29, 1.82) is 0 Å². The van der Waals surface area contributed by atoms with Crippen molar-refractivity contribution in [3.05, 3.63) is 60.7 Å². The number of carbonyl (C=O) groups is 1. The van der Waals surface area contributed by atoms with E-state index in [9.17, 15) is 9.18 Å². The van der Waals surface area contributed by atoms with E-state index in [1.807, 2.05) is 19.0 Å². The minimum Gasteiger partial charge on any atom is -0.486 e. The van der Waals surface area contributed by atoms with Crippen molar-refractivity contribution >= 4 is 34.0 Å². The minimum atomic E-state index is -0.321. The molecule has 0 saturated carbocycles. The van der Waals surface area contributed by atoms with Crippen molar-refractivity contribution < 1.29 is 18.7 Å². The quantitative estimate of drug-likeness (QED) is 0.505. The van der Waals surface area contributed by atoms with E-state index in [1.54, 1.807) is 30.3 Å². The summed E-state index contributed by atoms with van der Waals surface area (Å²) in [4.78, 5) is 23.2. The maximum Gasteiger partial charge on any atom is 0.248 e. The van der Waals surface area contributed by atoms with E-state index in [2.05, 4.69) is 20.6 Å². The number of hydrogen-bond donors (Lipinski definition) is 2. The van der Waals surface area contributed by atoms with E-state index in [-0.39, 0.29) is 17.8 Å². The Labute approximate surface area is 191 Å². The molecule has 3 aromatic rings. The van der Waals surface area contributed by atoms with Gasteiger partial charge in [0.25, 0.3) is 0 Å². The highest BCUT2D eigenvalue weighted by Crippen LogP contribution is 2.34. The first-order valence-electron chi connectivity index (χ1n) is 10.7. The first-order chi connectivity index (χ1) is 16.0. The molecule has 1 saturated heterocycles. The van der Waals surface area contributed by atoms with Crippen LogP contribution in [0.15, 0.2) is 54.9 Å². The fraction of sp³-hybridized carbons (Fsp3) is 0.292. The molecule has 2 aromatic carbocycles. The number of anilines is 3. The zero-order valence-corrected chi connectivity index (χ0v) is 18.5. The largest absolute Gasteiger partial charge is 0.486 e. The van der Waals surface area contributed by atoms with Crippen LogP contribution in [0.25, 0.3) is 10.9 Å². The van der Waals surface area contributed by atoms with Crippen molar-refractivity contribution in [2.24, 2.45) is 0 Å². The number of rotatable bonds is 8. The summed E-state index contributed by atoms with van der Waals surface area (Å²) in [6, 6.07) is 9.55. The van der Waals surface area contributed by atoms with E-state index in [4.69, 9.17) is 9.47 Å². The molecule has 0 aliphatic carbocycles. The second-order valence-corrected chi connectivity index (χ2v) is 7.98. The molecule has 1 atom stereocenters. The smallest absolute Gasteiger partial charge is 0.248 e. The van der Waals surface area contributed by atoms with Gasteiger partial charge in [0, 0.05) is 36.2 Å². The molecule has 0 radical (unpaired) electrons. The average Bonchev–Trinajstić information content (AvgIpc) is 3.29. The Hall–Kier alpha value is -3.56. The molecule has 0 bridgehead atoms. The molecule has 33 heavy (non-hydrogen) atoms. The number of aromatic nitrogens is 2. The summed E-state index contributed by atoms with van der Waals surface area (Å²) in [6.07, 6.45) is 5.40. The third-order valence-electron chi connectivity index (χ3n) is 5.02. The van der Waals surface area contributed by atoms with Crippen molar-refractivity contribution in [3.63, 3.8) is 0 Å². The predicted octanol–water partition coefficient (Wildman–Crippen LogP) is 3.74. The number of carbonyl (C=O) groups excluding carboxylic acids is 1.